The van der Waals surface area contributed by atoms with E-state index in [0.717, 1.165) is 43.7 Å². The number of nitrogens with one attached hydrogen (secondary N) is 1. The van der Waals surface area contributed by atoms with Crippen molar-refractivity contribution in [3.8, 4) is 5.69 Å². The van der Waals surface area contributed by atoms with Crippen molar-refractivity contribution in [2.45, 2.75) is 32.2 Å². The highest BCUT2D eigenvalue weighted by Crippen LogP contribution is 2.20. The highest BCUT2D eigenvalue weighted by Gasteiger charge is 2.28. The van der Waals surface area contributed by atoms with Gasteiger partial charge in [-0.25, -0.2) is 4.68 Å². The van der Waals surface area contributed by atoms with Crippen LogP contribution in [0.15, 0.2) is 24.3 Å². The number of halogens is 2. The first-order valence-electron chi connectivity index (χ1n) is 8.30. The van der Waals surface area contributed by atoms with Gasteiger partial charge in [0.25, 0.3) is 5.91 Å². The molecule has 0 saturated carbocycles. The van der Waals surface area contributed by atoms with Crippen LogP contribution < -0.4 is 5.32 Å². The van der Waals surface area contributed by atoms with Crippen molar-refractivity contribution in [3.05, 3.63) is 40.7 Å². The maximum atomic E-state index is 12.9. The van der Waals surface area contributed by atoms with E-state index in [0.29, 0.717) is 10.7 Å². The van der Waals surface area contributed by atoms with E-state index in [1.807, 2.05) is 31.3 Å². The van der Waals surface area contributed by atoms with E-state index in [4.69, 9.17) is 11.6 Å². The quantitative estimate of drug-likeness (QED) is 0.861. The van der Waals surface area contributed by atoms with Gasteiger partial charge in [-0.1, -0.05) is 36.2 Å². The van der Waals surface area contributed by atoms with Crippen LogP contribution in [0.1, 0.15) is 35.9 Å². The minimum absolute atomic E-state index is 0. The average molecular weight is 384 g/mol. The molecule has 1 aliphatic rings. The van der Waals surface area contributed by atoms with Crippen LogP contribution in [0.4, 0.5) is 0 Å². The molecule has 0 aliphatic carbocycles. The number of amides is 1. The summed E-state index contributed by atoms with van der Waals surface area (Å²) in [6, 6.07) is 7.64. The van der Waals surface area contributed by atoms with Gasteiger partial charge in [-0.15, -0.1) is 17.5 Å². The van der Waals surface area contributed by atoms with E-state index in [1.54, 1.807) is 9.58 Å². The number of rotatable bonds is 5. The Kier molecular flexibility index (Phi) is 6.81. The Balaban J connectivity index is 0.00000225. The Morgan fingerprint density at radius 2 is 2.28 bits per heavy atom. The summed E-state index contributed by atoms with van der Waals surface area (Å²) in [5, 5.41) is 12.3. The van der Waals surface area contributed by atoms with Crippen LogP contribution in [-0.2, 0) is 6.42 Å². The predicted molar refractivity (Wildman–Crippen MR) is 101 cm³/mol. The summed E-state index contributed by atoms with van der Waals surface area (Å²) in [5.41, 5.74) is 2.09. The Hall–Kier alpha value is -1.63. The van der Waals surface area contributed by atoms with E-state index in [9.17, 15) is 4.79 Å². The molecule has 0 bridgehead atoms. The number of carbonyl (C=O) groups is 1. The van der Waals surface area contributed by atoms with Crippen LogP contribution in [0.2, 0.25) is 5.02 Å². The summed E-state index contributed by atoms with van der Waals surface area (Å²) in [5.74, 6) is -0.0690. The Bertz CT molecular complexity index is 728. The van der Waals surface area contributed by atoms with E-state index >= 15 is 0 Å². The number of benzene rings is 1. The highest BCUT2D eigenvalue weighted by molar-refractivity contribution is 6.30. The smallest absolute Gasteiger partial charge is 0.276 e. The van der Waals surface area contributed by atoms with Crippen molar-refractivity contribution in [1.29, 1.82) is 0 Å². The zero-order valence-electron chi connectivity index (χ0n) is 14.4. The molecule has 1 amide bonds. The number of carbonyl (C=O) groups excluding carboxylic acids is 1. The van der Waals surface area contributed by atoms with Crippen LogP contribution in [0.25, 0.3) is 5.69 Å². The molecule has 0 radical (unpaired) electrons. The fraction of sp³-hybridized carbons (Fsp3) is 0.471. The fourth-order valence-electron chi connectivity index (χ4n) is 3.05. The molecule has 1 saturated heterocycles. The highest BCUT2D eigenvalue weighted by atomic mass is 35.5. The third-order valence-corrected chi connectivity index (χ3v) is 4.64. The summed E-state index contributed by atoms with van der Waals surface area (Å²) in [6.07, 6.45) is 2.61. The molecule has 1 fully saturated rings. The minimum Gasteiger partial charge on any atom is -0.336 e. The average Bonchev–Trinajstić information content (AvgIpc) is 3.24. The molecule has 2 heterocycles. The molecule has 136 valence electrons. The van der Waals surface area contributed by atoms with Gasteiger partial charge >= 0.3 is 0 Å². The summed E-state index contributed by atoms with van der Waals surface area (Å²) in [4.78, 5) is 14.7. The second-order valence-electron chi connectivity index (χ2n) is 6.09. The molecule has 2 aromatic rings. The summed E-state index contributed by atoms with van der Waals surface area (Å²) >= 11 is 6.09. The predicted octanol–water partition coefficient (Wildman–Crippen LogP) is 2.73. The molecule has 25 heavy (non-hydrogen) atoms. The van der Waals surface area contributed by atoms with Gasteiger partial charge in [0, 0.05) is 24.7 Å². The molecule has 1 aromatic heterocycles. The van der Waals surface area contributed by atoms with Gasteiger partial charge in [0.2, 0.25) is 0 Å². The number of nitrogens with zero attached hydrogens (tertiary/aromatic N) is 4. The maximum Gasteiger partial charge on any atom is 0.276 e. The van der Waals surface area contributed by atoms with Gasteiger partial charge < -0.3 is 10.2 Å². The van der Waals surface area contributed by atoms with Crippen molar-refractivity contribution in [1.82, 2.24) is 25.2 Å². The summed E-state index contributed by atoms with van der Waals surface area (Å²) in [6.45, 7) is 3.85. The monoisotopic (exact) mass is 383 g/mol. The first-order valence-corrected chi connectivity index (χ1v) is 8.68. The minimum atomic E-state index is -0.0690. The molecule has 1 N–H and O–H groups in total. The topological polar surface area (TPSA) is 63.1 Å². The van der Waals surface area contributed by atoms with Crippen molar-refractivity contribution >= 4 is 29.9 Å². The molecule has 8 heteroatoms. The third-order valence-electron chi connectivity index (χ3n) is 4.41. The zero-order valence-corrected chi connectivity index (χ0v) is 16.0. The van der Waals surface area contributed by atoms with Gasteiger partial charge in [0.1, 0.15) is 0 Å². The van der Waals surface area contributed by atoms with Gasteiger partial charge in [0.15, 0.2) is 5.69 Å². The lowest BCUT2D eigenvalue weighted by Gasteiger charge is -2.23. The van der Waals surface area contributed by atoms with Gasteiger partial charge in [-0.05, 0) is 37.6 Å². The van der Waals surface area contributed by atoms with Crippen LogP contribution in [0.5, 0.6) is 0 Å². The SMILES string of the molecule is CCCc1c(C(=O)N(C)C2CCNC2)nnn1-c1cccc(Cl)c1.Cl. The number of likely N-dealkylation sites (N-methyl/N-ethyl adjacent to an activating group) is 1. The van der Waals surface area contributed by atoms with Crippen LogP contribution in [-0.4, -0.2) is 52.0 Å². The largest absolute Gasteiger partial charge is 0.336 e. The third kappa shape index (κ3) is 4.14. The number of hydrogen-bond donors (Lipinski definition) is 1. The van der Waals surface area contributed by atoms with Crippen molar-refractivity contribution < 1.29 is 4.79 Å². The second kappa shape index (κ2) is 8.65. The standard InChI is InChI=1S/C17H22ClN5O.ClH/c1-3-5-15-16(17(24)22(2)14-8-9-19-11-14)20-21-23(15)13-7-4-6-12(18)10-13;/h4,6-7,10,14,19H,3,5,8-9,11H2,1-2H3;1H. The molecule has 1 aliphatic heterocycles. The van der Waals surface area contributed by atoms with Gasteiger partial charge in [-0.2, -0.15) is 0 Å². The molecule has 6 nitrogen and oxygen atoms in total. The lowest BCUT2D eigenvalue weighted by atomic mass is 10.1. The number of hydrogen-bond acceptors (Lipinski definition) is 4. The van der Waals surface area contributed by atoms with Crippen molar-refractivity contribution in [3.63, 3.8) is 0 Å². The molecular formula is C17H23Cl2N5O. The zero-order chi connectivity index (χ0) is 17.1. The van der Waals surface area contributed by atoms with Crippen LogP contribution in [0, 0.1) is 0 Å². The first-order chi connectivity index (χ1) is 11.6. The van der Waals surface area contributed by atoms with E-state index < -0.39 is 0 Å². The van der Waals surface area contributed by atoms with Gasteiger partial charge in [0.05, 0.1) is 11.4 Å². The van der Waals surface area contributed by atoms with E-state index in [1.165, 1.54) is 0 Å². The molecule has 1 unspecified atom stereocenters. The Morgan fingerprint density at radius 3 is 2.92 bits per heavy atom. The van der Waals surface area contributed by atoms with E-state index in [2.05, 4.69) is 22.6 Å². The van der Waals surface area contributed by atoms with E-state index in [-0.39, 0.29) is 24.4 Å². The Morgan fingerprint density at radius 1 is 1.48 bits per heavy atom. The fourth-order valence-corrected chi connectivity index (χ4v) is 3.23. The normalized spacial score (nSPS) is 16.5. The number of aromatic nitrogens is 3. The molecule has 1 atom stereocenters. The molecule has 3 rings (SSSR count). The summed E-state index contributed by atoms with van der Waals surface area (Å²) in [7, 11) is 1.84. The van der Waals surface area contributed by atoms with Crippen molar-refractivity contribution in [2.24, 2.45) is 0 Å². The van der Waals surface area contributed by atoms with Crippen LogP contribution >= 0.6 is 24.0 Å². The maximum absolute atomic E-state index is 12.9. The lowest BCUT2D eigenvalue weighted by Crippen LogP contribution is -2.39. The second-order valence-corrected chi connectivity index (χ2v) is 6.53. The van der Waals surface area contributed by atoms with Gasteiger partial charge in [-0.3, -0.25) is 4.79 Å². The molecular weight excluding hydrogens is 361 g/mol. The van der Waals surface area contributed by atoms with Crippen LogP contribution in [0.3, 0.4) is 0 Å². The summed E-state index contributed by atoms with van der Waals surface area (Å²) < 4.78 is 1.73. The molecule has 1 aromatic carbocycles. The lowest BCUT2D eigenvalue weighted by molar-refractivity contribution is 0.0736. The Labute approximate surface area is 158 Å². The van der Waals surface area contributed by atoms with Crippen molar-refractivity contribution in [2.75, 3.05) is 20.1 Å². The first kappa shape index (κ1) is 19.7. The molecule has 0 spiro atoms.